The third-order valence-electron chi connectivity index (χ3n) is 5.40. The van der Waals surface area contributed by atoms with E-state index in [1.165, 1.54) is 17.8 Å². The average molecular weight is 533 g/mol. The Morgan fingerprint density at radius 3 is 2.40 bits per heavy atom. The van der Waals surface area contributed by atoms with Gasteiger partial charge in [-0.2, -0.15) is 0 Å². The number of amides is 2. The fraction of sp³-hybridized carbons (Fsp3) is 0.259. The Bertz CT molecular complexity index is 1130. The normalized spacial score (nSPS) is 11.7. The number of hydrogen-bond donors (Lipinski definition) is 1. The highest BCUT2D eigenvalue weighted by Crippen LogP contribution is 2.25. The zero-order valence-corrected chi connectivity index (χ0v) is 21.7. The number of nitrogens with one attached hydrogen (secondary N) is 1. The molecule has 1 N–H and O–H groups in total. The van der Waals surface area contributed by atoms with Gasteiger partial charge in [0, 0.05) is 40.9 Å². The second-order valence-corrected chi connectivity index (χ2v) is 9.77. The monoisotopic (exact) mass is 532 g/mol. The molecule has 0 radical (unpaired) electrons. The van der Waals surface area contributed by atoms with Gasteiger partial charge in [0.1, 0.15) is 11.9 Å². The average Bonchev–Trinajstić information content (AvgIpc) is 2.84. The van der Waals surface area contributed by atoms with E-state index in [1.807, 2.05) is 49.4 Å². The van der Waals surface area contributed by atoms with Gasteiger partial charge < -0.3 is 10.2 Å². The molecule has 0 aliphatic rings. The summed E-state index contributed by atoms with van der Waals surface area (Å²) < 4.78 is 14.2. The van der Waals surface area contributed by atoms with Gasteiger partial charge in [0.2, 0.25) is 11.8 Å². The van der Waals surface area contributed by atoms with Gasteiger partial charge in [-0.25, -0.2) is 4.39 Å². The lowest BCUT2D eigenvalue weighted by atomic mass is 10.0. The van der Waals surface area contributed by atoms with Gasteiger partial charge in [-0.3, -0.25) is 9.59 Å². The van der Waals surface area contributed by atoms with Crippen LogP contribution in [0.5, 0.6) is 0 Å². The highest BCUT2D eigenvalue weighted by Gasteiger charge is 2.30. The predicted molar refractivity (Wildman–Crippen MR) is 142 cm³/mol. The smallest absolute Gasteiger partial charge is 0.243 e. The first-order valence-corrected chi connectivity index (χ1v) is 13.2. The van der Waals surface area contributed by atoms with Crippen molar-refractivity contribution in [2.45, 2.75) is 31.7 Å². The first-order valence-electron chi connectivity index (χ1n) is 11.2. The van der Waals surface area contributed by atoms with Crippen LogP contribution in [-0.2, 0) is 28.3 Å². The van der Waals surface area contributed by atoms with Gasteiger partial charge in [-0.15, -0.1) is 11.8 Å². The SMILES string of the molecule is CCNC(=O)C(Cc1ccccc1)N(Cc1cccc(Cl)c1)C(=O)CSCc1c(F)cccc1Cl. The standard InChI is InChI=1S/C27H27Cl2FN2O2S/c1-2-31-27(34)25(15-19-8-4-3-5-9-19)32(16-20-10-6-11-21(28)14-20)26(33)18-35-17-22-23(29)12-7-13-24(22)30/h3-14,25H,2,15-18H2,1H3,(H,31,34). The van der Waals surface area contributed by atoms with Gasteiger partial charge in [0.15, 0.2) is 0 Å². The van der Waals surface area contributed by atoms with Crippen molar-refractivity contribution in [2.75, 3.05) is 12.3 Å². The maximum atomic E-state index is 14.2. The Morgan fingerprint density at radius 2 is 1.71 bits per heavy atom. The fourth-order valence-corrected chi connectivity index (χ4v) is 5.13. The van der Waals surface area contributed by atoms with E-state index >= 15 is 0 Å². The van der Waals surface area contributed by atoms with E-state index in [2.05, 4.69) is 5.32 Å². The third kappa shape index (κ3) is 7.99. The van der Waals surface area contributed by atoms with Crippen molar-refractivity contribution < 1.29 is 14.0 Å². The van der Waals surface area contributed by atoms with Crippen LogP contribution in [0.1, 0.15) is 23.6 Å². The van der Waals surface area contributed by atoms with Crippen molar-refractivity contribution in [2.24, 2.45) is 0 Å². The minimum absolute atomic E-state index is 0.0654. The summed E-state index contributed by atoms with van der Waals surface area (Å²) in [5.41, 5.74) is 2.12. The van der Waals surface area contributed by atoms with Gasteiger partial charge in [0.25, 0.3) is 0 Å². The van der Waals surface area contributed by atoms with Crippen LogP contribution in [0.25, 0.3) is 0 Å². The second kappa shape index (κ2) is 13.5. The van der Waals surface area contributed by atoms with Crippen molar-refractivity contribution in [3.63, 3.8) is 0 Å². The number of nitrogens with zero attached hydrogens (tertiary/aromatic N) is 1. The molecule has 0 saturated heterocycles. The zero-order valence-electron chi connectivity index (χ0n) is 19.3. The Kier molecular flexibility index (Phi) is 10.5. The Hall–Kier alpha value is -2.54. The molecule has 0 fully saturated rings. The lowest BCUT2D eigenvalue weighted by Crippen LogP contribution is -2.51. The van der Waals surface area contributed by atoms with Gasteiger partial charge in [0.05, 0.1) is 5.75 Å². The molecule has 8 heteroatoms. The highest BCUT2D eigenvalue weighted by atomic mass is 35.5. The largest absolute Gasteiger partial charge is 0.355 e. The zero-order chi connectivity index (χ0) is 25.2. The lowest BCUT2D eigenvalue weighted by Gasteiger charge is -2.31. The number of carbonyl (C=O) groups excluding carboxylic acids is 2. The molecular formula is C27H27Cl2FN2O2S. The second-order valence-electron chi connectivity index (χ2n) is 7.94. The fourth-order valence-electron chi connectivity index (χ4n) is 3.67. The number of likely N-dealkylation sites (N-methyl/N-ethyl adjacent to an activating group) is 1. The van der Waals surface area contributed by atoms with E-state index in [0.717, 1.165) is 11.1 Å². The van der Waals surface area contributed by atoms with Crippen LogP contribution in [0.4, 0.5) is 4.39 Å². The number of benzene rings is 3. The molecule has 3 aromatic carbocycles. The lowest BCUT2D eigenvalue weighted by molar-refractivity contribution is -0.139. The number of carbonyl (C=O) groups is 2. The summed E-state index contributed by atoms with van der Waals surface area (Å²) >= 11 is 13.6. The van der Waals surface area contributed by atoms with Crippen molar-refractivity contribution in [1.29, 1.82) is 0 Å². The van der Waals surface area contributed by atoms with Crippen LogP contribution in [0.2, 0.25) is 10.0 Å². The molecule has 3 aromatic rings. The predicted octanol–water partition coefficient (Wildman–Crippen LogP) is 6.14. The molecule has 0 spiro atoms. The number of rotatable bonds is 11. The molecule has 3 rings (SSSR count). The summed E-state index contributed by atoms with van der Waals surface area (Å²) in [5, 5.41) is 3.74. The first-order chi connectivity index (χ1) is 16.9. The van der Waals surface area contributed by atoms with E-state index < -0.39 is 11.9 Å². The summed E-state index contributed by atoms with van der Waals surface area (Å²) in [4.78, 5) is 28.2. The minimum atomic E-state index is -0.721. The molecular weight excluding hydrogens is 506 g/mol. The van der Waals surface area contributed by atoms with E-state index in [4.69, 9.17) is 23.2 Å². The summed E-state index contributed by atoms with van der Waals surface area (Å²) in [6.45, 7) is 2.51. The van der Waals surface area contributed by atoms with Crippen LogP contribution in [-0.4, -0.2) is 35.1 Å². The molecule has 0 aliphatic carbocycles. The Morgan fingerprint density at radius 1 is 1.00 bits per heavy atom. The third-order valence-corrected chi connectivity index (χ3v) is 6.93. The molecule has 1 atom stereocenters. The van der Waals surface area contributed by atoms with E-state index in [-0.39, 0.29) is 29.9 Å². The van der Waals surface area contributed by atoms with Crippen LogP contribution in [0.3, 0.4) is 0 Å². The molecule has 1 unspecified atom stereocenters. The molecule has 35 heavy (non-hydrogen) atoms. The first kappa shape index (κ1) is 27.1. The van der Waals surface area contributed by atoms with Crippen molar-refractivity contribution in [3.8, 4) is 0 Å². The highest BCUT2D eigenvalue weighted by molar-refractivity contribution is 7.99. The molecule has 4 nitrogen and oxygen atoms in total. The number of hydrogen-bond acceptors (Lipinski definition) is 3. The van der Waals surface area contributed by atoms with Crippen LogP contribution < -0.4 is 5.32 Å². The Balaban J connectivity index is 1.85. The molecule has 0 bridgehead atoms. The van der Waals surface area contributed by atoms with Crippen LogP contribution >= 0.6 is 35.0 Å². The summed E-state index contributed by atoms with van der Waals surface area (Å²) in [6.07, 6.45) is 0.364. The van der Waals surface area contributed by atoms with E-state index in [0.29, 0.717) is 28.6 Å². The molecule has 2 amide bonds. The molecule has 0 heterocycles. The van der Waals surface area contributed by atoms with Gasteiger partial charge in [-0.05, 0) is 42.3 Å². The van der Waals surface area contributed by atoms with Crippen molar-refractivity contribution in [1.82, 2.24) is 10.2 Å². The van der Waals surface area contributed by atoms with Crippen LogP contribution in [0.15, 0.2) is 72.8 Å². The van der Waals surface area contributed by atoms with E-state index in [1.54, 1.807) is 29.2 Å². The maximum Gasteiger partial charge on any atom is 0.243 e. The summed E-state index contributed by atoms with van der Waals surface area (Å²) in [7, 11) is 0. The number of halogens is 3. The van der Waals surface area contributed by atoms with Gasteiger partial charge in [-0.1, -0.05) is 71.7 Å². The maximum absolute atomic E-state index is 14.2. The van der Waals surface area contributed by atoms with Crippen molar-refractivity contribution in [3.05, 3.63) is 105 Å². The molecule has 0 aliphatic heterocycles. The van der Waals surface area contributed by atoms with Crippen LogP contribution in [0, 0.1) is 5.82 Å². The minimum Gasteiger partial charge on any atom is -0.355 e. The number of thioether (sulfide) groups is 1. The summed E-state index contributed by atoms with van der Waals surface area (Å²) in [5.74, 6) is -0.552. The Labute approximate surface area is 219 Å². The molecule has 184 valence electrons. The topological polar surface area (TPSA) is 49.4 Å². The quantitative estimate of drug-likeness (QED) is 0.322. The summed E-state index contributed by atoms with van der Waals surface area (Å²) in [6, 6.07) is 20.6. The van der Waals surface area contributed by atoms with Crippen molar-refractivity contribution >= 4 is 46.8 Å². The molecule has 0 aromatic heterocycles. The van der Waals surface area contributed by atoms with E-state index in [9.17, 15) is 14.0 Å². The van der Waals surface area contributed by atoms with Gasteiger partial charge >= 0.3 is 0 Å². The molecule has 0 saturated carbocycles.